The van der Waals surface area contributed by atoms with Gasteiger partial charge in [0.1, 0.15) is 0 Å². The van der Waals surface area contributed by atoms with E-state index in [4.69, 9.17) is 11.6 Å². The summed E-state index contributed by atoms with van der Waals surface area (Å²) < 4.78 is 0.864. The average molecular weight is 369 g/mol. The van der Waals surface area contributed by atoms with Gasteiger partial charge in [-0.25, -0.2) is 0 Å². The van der Waals surface area contributed by atoms with Crippen molar-refractivity contribution in [2.45, 2.75) is 6.92 Å². The van der Waals surface area contributed by atoms with E-state index in [0.29, 0.717) is 23.0 Å². The lowest BCUT2D eigenvalue weighted by Crippen LogP contribution is -2.28. The van der Waals surface area contributed by atoms with Gasteiger partial charge in [-0.3, -0.25) is 4.79 Å². The lowest BCUT2D eigenvalue weighted by Gasteiger charge is -2.10. The maximum absolute atomic E-state index is 11.8. The highest BCUT2D eigenvalue weighted by molar-refractivity contribution is 9.10. The summed E-state index contributed by atoms with van der Waals surface area (Å²) in [4.78, 5) is 11.8. The van der Waals surface area contributed by atoms with Gasteiger partial charge in [0.15, 0.2) is 0 Å². The van der Waals surface area contributed by atoms with Crippen molar-refractivity contribution in [2.75, 3.05) is 11.9 Å². The monoisotopic (exact) mass is 367 g/mol. The van der Waals surface area contributed by atoms with Crippen molar-refractivity contribution < 1.29 is 4.79 Å². The minimum atomic E-state index is -0.134. The highest BCUT2D eigenvalue weighted by atomic mass is 79.9. The van der Waals surface area contributed by atoms with Gasteiger partial charge >= 0.3 is 0 Å². The molecular formula is C11H12Br2ClNO. The van der Waals surface area contributed by atoms with Gasteiger partial charge in [-0.05, 0) is 24.1 Å². The molecule has 1 aromatic carbocycles. The molecule has 0 bridgehead atoms. The first-order valence-corrected chi connectivity index (χ1v) is 7.13. The molecule has 1 aromatic rings. The molecule has 88 valence electrons. The maximum Gasteiger partial charge on any atom is 0.252 e. The second-order valence-electron chi connectivity index (χ2n) is 3.59. The molecule has 1 rings (SSSR count). The molecule has 0 aliphatic carbocycles. The summed E-state index contributed by atoms with van der Waals surface area (Å²) >= 11 is 12.6. The summed E-state index contributed by atoms with van der Waals surface area (Å²) in [6.45, 7) is 2.69. The van der Waals surface area contributed by atoms with E-state index in [2.05, 4.69) is 44.1 Å². The summed E-state index contributed by atoms with van der Waals surface area (Å²) in [6.07, 6.45) is 0. The van der Waals surface area contributed by atoms with E-state index < -0.39 is 0 Å². The maximum atomic E-state index is 11.8. The molecule has 0 spiro atoms. The molecule has 0 aliphatic heterocycles. The third-order valence-electron chi connectivity index (χ3n) is 2.05. The molecular weight excluding hydrogens is 357 g/mol. The molecule has 0 fully saturated rings. The molecule has 1 unspecified atom stereocenters. The van der Waals surface area contributed by atoms with Gasteiger partial charge in [-0.15, -0.1) is 0 Å². The van der Waals surface area contributed by atoms with Crippen LogP contribution < -0.4 is 5.32 Å². The van der Waals surface area contributed by atoms with Crippen molar-refractivity contribution in [1.82, 2.24) is 5.32 Å². The topological polar surface area (TPSA) is 29.1 Å². The summed E-state index contributed by atoms with van der Waals surface area (Å²) in [5.41, 5.74) is 0.506. The van der Waals surface area contributed by atoms with E-state index in [0.717, 1.165) is 9.80 Å². The molecule has 0 saturated carbocycles. The summed E-state index contributed by atoms with van der Waals surface area (Å²) in [5, 5.41) is 4.16. The molecule has 0 radical (unpaired) electrons. The first kappa shape index (κ1) is 14.0. The van der Waals surface area contributed by atoms with Crippen LogP contribution in [-0.4, -0.2) is 17.8 Å². The van der Waals surface area contributed by atoms with Crippen LogP contribution in [-0.2, 0) is 0 Å². The minimum Gasteiger partial charge on any atom is -0.352 e. The van der Waals surface area contributed by atoms with E-state index >= 15 is 0 Å². The number of amides is 1. The van der Waals surface area contributed by atoms with Gasteiger partial charge in [0, 0.05) is 16.3 Å². The molecule has 2 nitrogen and oxygen atoms in total. The Bertz CT molecular complexity index is 384. The quantitative estimate of drug-likeness (QED) is 0.802. The Balaban J connectivity index is 2.66. The minimum absolute atomic E-state index is 0.134. The van der Waals surface area contributed by atoms with Crippen molar-refractivity contribution in [2.24, 2.45) is 5.92 Å². The fourth-order valence-corrected chi connectivity index (χ4v) is 2.08. The van der Waals surface area contributed by atoms with Crippen LogP contribution in [0.25, 0.3) is 0 Å². The van der Waals surface area contributed by atoms with E-state index in [1.54, 1.807) is 18.2 Å². The van der Waals surface area contributed by atoms with E-state index in [1.807, 2.05) is 0 Å². The van der Waals surface area contributed by atoms with Crippen molar-refractivity contribution >= 4 is 49.4 Å². The second-order valence-corrected chi connectivity index (χ2v) is 5.56. The van der Waals surface area contributed by atoms with Crippen LogP contribution >= 0.6 is 43.5 Å². The van der Waals surface area contributed by atoms with Crippen molar-refractivity contribution in [1.29, 1.82) is 0 Å². The predicted octanol–water partition coefficient (Wildman–Crippen LogP) is 3.86. The summed E-state index contributed by atoms with van der Waals surface area (Å²) in [7, 11) is 0. The average Bonchev–Trinajstić information content (AvgIpc) is 2.25. The fourth-order valence-electron chi connectivity index (χ4n) is 1.09. The zero-order valence-electron chi connectivity index (χ0n) is 8.77. The third kappa shape index (κ3) is 4.07. The molecule has 0 aliphatic rings. The molecule has 16 heavy (non-hydrogen) atoms. The smallest absolute Gasteiger partial charge is 0.252 e. The van der Waals surface area contributed by atoms with Crippen LogP contribution in [0.4, 0.5) is 0 Å². The number of halogens is 3. The number of hydrogen-bond acceptors (Lipinski definition) is 1. The Labute approximate surface area is 117 Å². The molecule has 5 heteroatoms. The summed E-state index contributed by atoms with van der Waals surface area (Å²) in [5.74, 6) is 0.267. The van der Waals surface area contributed by atoms with Crippen molar-refractivity contribution in [3.05, 3.63) is 33.3 Å². The van der Waals surface area contributed by atoms with Crippen LogP contribution in [0.5, 0.6) is 0 Å². The number of rotatable bonds is 4. The van der Waals surface area contributed by atoms with Gasteiger partial charge in [0.05, 0.1) is 10.6 Å². The van der Waals surface area contributed by atoms with Gasteiger partial charge < -0.3 is 5.32 Å². The van der Waals surface area contributed by atoms with E-state index in [1.165, 1.54) is 0 Å². The van der Waals surface area contributed by atoms with E-state index in [-0.39, 0.29) is 5.91 Å². The number of carbonyl (C=O) groups excluding carboxylic acids is 1. The zero-order chi connectivity index (χ0) is 12.1. The van der Waals surface area contributed by atoms with Crippen LogP contribution in [0.1, 0.15) is 17.3 Å². The van der Waals surface area contributed by atoms with Gasteiger partial charge in [0.25, 0.3) is 5.91 Å². The number of hydrogen-bond donors (Lipinski definition) is 1. The third-order valence-corrected chi connectivity index (χ3v) is 3.96. The number of nitrogens with one attached hydrogen (secondary N) is 1. The lowest BCUT2D eigenvalue weighted by atomic mass is 10.2. The molecule has 1 atom stereocenters. The van der Waals surface area contributed by atoms with Gasteiger partial charge in [-0.2, -0.15) is 0 Å². The van der Waals surface area contributed by atoms with Crippen LogP contribution in [0.3, 0.4) is 0 Å². The van der Waals surface area contributed by atoms with Gasteiger partial charge in [0.2, 0.25) is 0 Å². The van der Waals surface area contributed by atoms with Crippen molar-refractivity contribution in [3.63, 3.8) is 0 Å². The Morgan fingerprint density at radius 1 is 1.56 bits per heavy atom. The predicted molar refractivity (Wildman–Crippen MR) is 74.4 cm³/mol. The number of benzene rings is 1. The Morgan fingerprint density at radius 3 is 2.81 bits per heavy atom. The lowest BCUT2D eigenvalue weighted by molar-refractivity contribution is 0.0949. The first-order chi connectivity index (χ1) is 7.54. The number of carbonyl (C=O) groups is 1. The molecule has 1 amide bonds. The van der Waals surface area contributed by atoms with Crippen LogP contribution in [0.15, 0.2) is 22.7 Å². The standard InChI is InChI=1S/C11H12Br2ClNO/c1-7(5-12)6-15-11(16)9-3-2-8(13)4-10(9)14/h2-4,7H,5-6H2,1H3,(H,15,16). The Hall–Kier alpha value is -0.0600. The Morgan fingerprint density at radius 2 is 2.25 bits per heavy atom. The molecule has 1 N–H and O–H groups in total. The SMILES string of the molecule is CC(CBr)CNC(=O)c1ccc(Br)cc1Cl. The second kappa shape index (κ2) is 6.62. The Kier molecular flexibility index (Phi) is 5.79. The van der Waals surface area contributed by atoms with Gasteiger partial charge in [-0.1, -0.05) is 50.4 Å². The number of alkyl halides is 1. The van der Waals surface area contributed by atoms with Crippen LogP contribution in [0.2, 0.25) is 5.02 Å². The fraction of sp³-hybridized carbons (Fsp3) is 0.364. The summed E-state index contributed by atoms with van der Waals surface area (Å²) in [6, 6.07) is 5.22. The first-order valence-electron chi connectivity index (χ1n) is 4.83. The molecule has 0 aromatic heterocycles. The zero-order valence-corrected chi connectivity index (χ0v) is 12.7. The van der Waals surface area contributed by atoms with E-state index in [9.17, 15) is 4.79 Å². The highest BCUT2D eigenvalue weighted by Gasteiger charge is 2.11. The van der Waals surface area contributed by atoms with Crippen molar-refractivity contribution in [3.8, 4) is 0 Å². The molecule has 0 saturated heterocycles. The van der Waals surface area contributed by atoms with Crippen LogP contribution in [0, 0.1) is 5.92 Å². The largest absolute Gasteiger partial charge is 0.352 e. The molecule has 0 heterocycles. The normalized spacial score (nSPS) is 12.2. The highest BCUT2D eigenvalue weighted by Crippen LogP contribution is 2.21.